The summed E-state index contributed by atoms with van der Waals surface area (Å²) in [7, 11) is 3.17. The third-order valence-electron chi connectivity index (χ3n) is 5.21. The van der Waals surface area contributed by atoms with Crippen LogP contribution in [0.1, 0.15) is 25.0 Å². The van der Waals surface area contributed by atoms with Gasteiger partial charge in [-0.3, -0.25) is 4.99 Å². The topological polar surface area (TPSA) is 78.4 Å². The van der Waals surface area contributed by atoms with Crippen molar-refractivity contribution >= 4 is 11.6 Å². The summed E-state index contributed by atoms with van der Waals surface area (Å²) in [6.45, 7) is 4.97. The molecule has 0 saturated carbocycles. The number of aliphatic imine (C=N–C) groups is 1. The van der Waals surface area contributed by atoms with E-state index in [0.29, 0.717) is 17.5 Å². The van der Waals surface area contributed by atoms with Gasteiger partial charge in [-0.1, -0.05) is 24.3 Å². The Kier molecular flexibility index (Phi) is 7.79. The van der Waals surface area contributed by atoms with E-state index in [9.17, 15) is 5.11 Å². The van der Waals surface area contributed by atoms with Crippen LogP contribution in [0.25, 0.3) is 0 Å². The van der Waals surface area contributed by atoms with Gasteiger partial charge in [-0.05, 0) is 43.2 Å². The van der Waals surface area contributed by atoms with E-state index in [2.05, 4.69) is 44.8 Å². The number of nitrogens with one attached hydrogen (secondary N) is 2. The van der Waals surface area contributed by atoms with Crippen molar-refractivity contribution in [1.82, 2.24) is 10.6 Å². The zero-order valence-electron chi connectivity index (χ0n) is 18.0. The number of ether oxygens (including phenoxy) is 2. The Morgan fingerprint density at radius 3 is 2.63 bits per heavy atom. The van der Waals surface area contributed by atoms with Crippen LogP contribution in [0.3, 0.4) is 0 Å². The van der Waals surface area contributed by atoms with Gasteiger partial charge in [0.1, 0.15) is 0 Å². The number of guanidine groups is 1. The van der Waals surface area contributed by atoms with Gasteiger partial charge < -0.3 is 30.1 Å². The number of aliphatic hydroxyl groups is 1. The van der Waals surface area contributed by atoms with Crippen LogP contribution in [-0.4, -0.2) is 57.5 Å². The largest absolute Gasteiger partial charge is 0.493 e. The number of benzene rings is 2. The van der Waals surface area contributed by atoms with E-state index in [-0.39, 0.29) is 6.54 Å². The average Bonchev–Trinajstić information content (AvgIpc) is 3.26. The Hall–Kier alpha value is -2.93. The first-order valence-corrected chi connectivity index (χ1v) is 10.4. The highest BCUT2D eigenvalue weighted by atomic mass is 16.5. The summed E-state index contributed by atoms with van der Waals surface area (Å²) in [5, 5.41) is 17.4. The Balaban J connectivity index is 1.60. The van der Waals surface area contributed by atoms with Gasteiger partial charge in [0, 0.05) is 31.4 Å². The van der Waals surface area contributed by atoms with Gasteiger partial charge in [0.05, 0.1) is 26.9 Å². The second-order valence-electron chi connectivity index (χ2n) is 7.26. The average molecular weight is 413 g/mol. The molecule has 3 N–H and O–H groups in total. The number of hydrogen-bond donors (Lipinski definition) is 3. The van der Waals surface area contributed by atoms with Crippen molar-refractivity contribution in [3.05, 3.63) is 54.1 Å². The molecule has 1 aliphatic rings. The summed E-state index contributed by atoms with van der Waals surface area (Å²) in [5.74, 6) is 1.95. The molecule has 1 saturated heterocycles. The fourth-order valence-corrected chi connectivity index (χ4v) is 3.61. The van der Waals surface area contributed by atoms with Crippen molar-refractivity contribution in [2.75, 3.05) is 45.3 Å². The number of para-hydroxylation sites is 1. The second-order valence-corrected chi connectivity index (χ2v) is 7.26. The molecule has 2 aromatic rings. The van der Waals surface area contributed by atoms with Crippen molar-refractivity contribution in [2.45, 2.75) is 25.5 Å². The maximum Gasteiger partial charge on any atom is 0.191 e. The third-order valence-corrected chi connectivity index (χ3v) is 5.21. The monoisotopic (exact) mass is 412 g/mol. The van der Waals surface area contributed by atoms with Crippen LogP contribution >= 0.6 is 0 Å². The molecule has 0 amide bonds. The van der Waals surface area contributed by atoms with Crippen LogP contribution in [0, 0.1) is 0 Å². The molecule has 3 rings (SSSR count). The first-order chi connectivity index (χ1) is 14.6. The summed E-state index contributed by atoms with van der Waals surface area (Å²) >= 11 is 0. The van der Waals surface area contributed by atoms with Crippen LogP contribution in [0.2, 0.25) is 0 Å². The molecular formula is C23H32N4O3. The van der Waals surface area contributed by atoms with Crippen LogP contribution in [0.15, 0.2) is 53.5 Å². The van der Waals surface area contributed by atoms with Gasteiger partial charge in [-0.25, -0.2) is 0 Å². The van der Waals surface area contributed by atoms with Crippen LogP contribution in [-0.2, 0) is 0 Å². The maximum absolute atomic E-state index is 10.6. The number of aliphatic hydroxyl groups excluding tert-OH is 1. The fraction of sp³-hybridized carbons (Fsp3) is 0.435. The molecule has 2 unspecified atom stereocenters. The zero-order chi connectivity index (χ0) is 21.3. The second kappa shape index (κ2) is 10.7. The molecule has 30 heavy (non-hydrogen) atoms. The van der Waals surface area contributed by atoms with Gasteiger partial charge in [0.25, 0.3) is 0 Å². The zero-order valence-corrected chi connectivity index (χ0v) is 18.0. The Morgan fingerprint density at radius 2 is 1.93 bits per heavy atom. The Morgan fingerprint density at radius 1 is 1.17 bits per heavy atom. The van der Waals surface area contributed by atoms with E-state index in [4.69, 9.17) is 9.47 Å². The number of rotatable bonds is 8. The molecule has 0 radical (unpaired) electrons. The van der Waals surface area contributed by atoms with Crippen LogP contribution in [0.5, 0.6) is 11.5 Å². The third kappa shape index (κ3) is 5.57. The smallest absolute Gasteiger partial charge is 0.191 e. The van der Waals surface area contributed by atoms with Gasteiger partial charge >= 0.3 is 0 Å². The van der Waals surface area contributed by atoms with E-state index in [1.54, 1.807) is 26.4 Å². The van der Waals surface area contributed by atoms with Crippen molar-refractivity contribution < 1.29 is 14.6 Å². The predicted octanol–water partition coefficient (Wildman–Crippen LogP) is 2.57. The molecule has 1 heterocycles. The highest BCUT2D eigenvalue weighted by molar-refractivity contribution is 5.80. The lowest BCUT2D eigenvalue weighted by Crippen LogP contribution is -2.44. The van der Waals surface area contributed by atoms with Gasteiger partial charge in [0.15, 0.2) is 17.5 Å². The molecular weight excluding hydrogens is 380 g/mol. The van der Waals surface area contributed by atoms with Gasteiger partial charge in [-0.2, -0.15) is 0 Å². The minimum atomic E-state index is -0.732. The molecule has 7 nitrogen and oxygen atoms in total. The lowest BCUT2D eigenvalue weighted by atomic mass is 10.1. The number of methoxy groups -OCH3 is 2. The van der Waals surface area contributed by atoms with Gasteiger partial charge in [0.2, 0.25) is 0 Å². The first kappa shape index (κ1) is 21.8. The molecule has 1 aliphatic heterocycles. The lowest BCUT2D eigenvalue weighted by Gasteiger charge is -2.20. The van der Waals surface area contributed by atoms with E-state index in [0.717, 1.165) is 37.6 Å². The summed E-state index contributed by atoms with van der Waals surface area (Å²) < 4.78 is 10.6. The van der Waals surface area contributed by atoms with Crippen molar-refractivity contribution in [2.24, 2.45) is 4.99 Å². The molecule has 2 atom stereocenters. The number of anilines is 1. The van der Waals surface area contributed by atoms with Crippen molar-refractivity contribution in [3.8, 4) is 11.5 Å². The summed E-state index contributed by atoms with van der Waals surface area (Å²) in [4.78, 5) is 6.98. The minimum Gasteiger partial charge on any atom is -0.493 e. The Bertz CT molecular complexity index is 828. The quantitative estimate of drug-likeness (QED) is 0.457. The minimum absolute atomic E-state index is 0.250. The molecule has 162 valence electrons. The highest BCUT2D eigenvalue weighted by Gasteiger charge is 2.23. The van der Waals surface area contributed by atoms with Crippen molar-refractivity contribution in [1.29, 1.82) is 0 Å². The van der Waals surface area contributed by atoms with Gasteiger partial charge in [-0.15, -0.1) is 0 Å². The normalized spacial score (nSPS) is 17.5. The standard InChI is InChI=1S/C23H32N4O3/c1-4-24-23(26-18-12-13-27(16-18)19-8-6-5-7-9-19)25-15-20(28)17-10-11-21(29-2)22(14-17)30-3/h5-11,14,18,20,28H,4,12-13,15-16H2,1-3H3,(H2,24,25,26). The van der Waals surface area contributed by atoms with E-state index in [1.165, 1.54) is 5.69 Å². The fourth-order valence-electron chi connectivity index (χ4n) is 3.61. The number of nitrogens with zero attached hydrogens (tertiary/aromatic N) is 2. The molecule has 0 aromatic heterocycles. The molecule has 0 spiro atoms. The van der Waals surface area contributed by atoms with E-state index < -0.39 is 6.10 Å². The maximum atomic E-state index is 10.6. The summed E-state index contributed by atoms with van der Waals surface area (Å²) in [6.07, 6.45) is 0.307. The van der Waals surface area contributed by atoms with Crippen LogP contribution in [0.4, 0.5) is 5.69 Å². The molecule has 0 bridgehead atoms. The van der Waals surface area contributed by atoms with E-state index >= 15 is 0 Å². The Labute approximate surface area is 178 Å². The lowest BCUT2D eigenvalue weighted by molar-refractivity contribution is 0.186. The summed E-state index contributed by atoms with van der Waals surface area (Å²) in [6, 6.07) is 16.2. The van der Waals surface area contributed by atoms with E-state index in [1.807, 2.05) is 19.1 Å². The number of hydrogen-bond acceptors (Lipinski definition) is 5. The molecule has 0 aliphatic carbocycles. The highest BCUT2D eigenvalue weighted by Crippen LogP contribution is 2.30. The molecule has 7 heteroatoms. The summed E-state index contributed by atoms with van der Waals surface area (Å²) in [5.41, 5.74) is 1.98. The van der Waals surface area contributed by atoms with Crippen LogP contribution < -0.4 is 25.0 Å². The first-order valence-electron chi connectivity index (χ1n) is 10.4. The van der Waals surface area contributed by atoms with Crippen molar-refractivity contribution in [3.63, 3.8) is 0 Å². The molecule has 2 aromatic carbocycles. The SMILES string of the molecule is CCNC(=NCC(O)c1ccc(OC)c(OC)c1)NC1CCN(c2ccccc2)C1. The molecule has 1 fully saturated rings. The predicted molar refractivity (Wildman–Crippen MR) is 121 cm³/mol.